The smallest absolute Gasteiger partial charge is 0.115 e. The number of hydrogen-bond donors (Lipinski definition) is 2. The van der Waals surface area contributed by atoms with Gasteiger partial charge in [0, 0.05) is 0 Å². The summed E-state index contributed by atoms with van der Waals surface area (Å²) in [7, 11) is 0. The van der Waals surface area contributed by atoms with Gasteiger partial charge in [0.25, 0.3) is 0 Å². The zero-order valence-corrected chi connectivity index (χ0v) is 22.7. The molecule has 0 aliphatic carbocycles. The highest BCUT2D eigenvalue weighted by molar-refractivity contribution is 5.08. The van der Waals surface area contributed by atoms with Crippen LogP contribution in [-0.4, -0.2) is 46.8 Å². The van der Waals surface area contributed by atoms with Gasteiger partial charge in [0.1, 0.15) is 11.2 Å². The lowest BCUT2D eigenvalue weighted by Crippen LogP contribution is -2.14. The van der Waals surface area contributed by atoms with Crippen LogP contribution in [0, 0.1) is 0 Å². The Labute approximate surface area is 208 Å². The molecule has 2 aliphatic rings. The Hall–Kier alpha value is -1.20. The normalized spacial score (nSPS) is 30.1. The summed E-state index contributed by atoms with van der Waals surface area (Å²) in [5.41, 5.74) is 5.25. The molecule has 2 rings (SSSR count). The van der Waals surface area contributed by atoms with E-state index < -0.39 is 0 Å². The lowest BCUT2D eigenvalue weighted by Gasteiger charge is -2.04. The van der Waals surface area contributed by atoms with Gasteiger partial charge in [-0.1, -0.05) is 46.6 Å². The predicted octanol–water partition coefficient (Wildman–Crippen LogP) is 6.97. The van der Waals surface area contributed by atoms with Crippen molar-refractivity contribution in [2.24, 2.45) is 0 Å². The second-order valence-electron chi connectivity index (χ2n) is 11.1. The van der Waals surface area contributed by atoms with Crippen molar-refractivity contribution < 1.29 is 19.7 Å². The summed E-state index contributed by atoms with van der Waals surface area (Å²) in [6.45, 7) is 13.1. The van der Waals surface area contributed by atoms with Crippen molar-refractivity contribution in [3.63, 3.8) is 0 Å². The van der Waals surface area contributed by atoms with Gasteiger partial charge in [-0.2, -0.15) is 0 Å². The molecule has 194 valence electrons. The first-order chi connectivity index (χ1) is 16.1. The van der Waals surface area contributed by atoms with E-state index in [1.165, 1.54) is 22.3 Å². The molecule has 0 spiro atoms. The fraction of sp³-hybridized carbons (Fsp3) is 0.733. The van der Waals surface area contributed by atoms with Gasteiger partial charge in [0.05, 0.1) is 25.4 Å². The van der Waals surface area contributed by atoms with Crippen molar-refractivity contribution in [2.45, 2.75) is 129 Å². The Morgan fingerprint density at radius 2 is 0.912 bits per heavy atom. The minimum absolute atomic E-state index is 0.124. The maximum Gasteiger partial charge on any atom is 0.115 e. The first-order valence-electron chi connectivity index (χ1n) is 13.3. The molecule has 34 heavy (non-hydrogen) atoms. The summed E-state index contributed by atoms with van der Waals surface area (Å²) in [6.07, 6.45) is 20.8. The highest BCUT2D eigenvalue weighted by atomic mass is 16.6. The Morgan fingerprint density at radius 3 is 1.24 bits per heavy atom. The van der Waals surface area contributed by atoms with Gasteiger partial charge in [-0.15, -0.1) is 0 Å². The molecule has 0 radical (unpaired) electrons. The van der Waals surface area contributed by atoms with E-state index >= 15 is 0 Å². The van der Waals surface area contributed by atoms with Crippen LogP contribution in [0.2, 0.25) is 0 Å². The lowest BCUT2D eigenvalue weighted by atomic mass is 10.0. The summed E-state index contributed by atoms with van der Waals surface area (Å²) < 4.78 is 11.1. The summed E-state index contributed by atoms with van der Waals surface area (Å²) in [6, 6.07) is 0. The van der Waals surface area contributed by atoms with E-state index in [-0.39, 0.29) is 36.6 Å². The molecule has 0 amide bonds. The van der Waals surface area contributed by atoms with Gasteiger partial charge in [-0.25, -0.2) is 0 Å². The van der Waals surface area contributed by atoms with Gasteiger partial charge >= 0.3 is 0 Å². The van der Waals surface area contributed by atoms with Crippen LogP contribution in [-0.2, 0) is 9.47 Å². The van der Waals surface area contributed by atoms with E-state index in [0.717, 1.165) is 64.2 Å². The third kappa shape index (κ3) is 10.2. The summed E-state index contributed by atoms with van der Waals surface area (Å²) >= 11 is 0. The molecule has 0 bridgehead atoms. The van der Waals surface area contributed by atoms with Crippen LogP contribution in [0.25, 0.3) is 0 Å². The molecule has 0 aromatic heterocycles. The average Bonchev–Trinajstić information content (AvgIpc) is 3.68. The number of rotatable bonds is 17. The molecular weight excluding hydrogens is 424 g/mol. The van der Waals surface area contributed by atoms with Crippen LogP contribution in [0.4, 0.5) is 0 Å². The van der Waals surface area contributed by atoms with Crippen LogP contribution in [0.15, 0.2) is 46.6 Å². The Kier molecular flexibility index (Phi) is 11.8. The van der Waals surface area contributed by atoms with E-state index in [4.69, 9.17) is 9.47 Å². The topological polar surface area (TPSA) is 65.5 Å². The van der Waals surface area contributed by atoms with E-state index in [2.05, 4.69) is 52.0 Å². The van der Waals surface area contributed by atoms with Crippen molar-refractivity contribution in [1.29, 1.82) is 0 Å². The fourth-order valence-corrected chi connectivity index (χ4v) is 4.47. The monoisotopic (exact) mass is 474 g/mol. The van der Waals surface area contributed by atoms with Gasteiger partial charge in [-0.05, 0) is 106 Å². The second kappa shape index (κ2) is 13.8. The van der Waals surface area contributed by atoms with E-state index in [1.54, 1.807) is 0 Å². The van der Waals surface area contributed by atoms with Gasteiger partial charge < -0.3 is 19.7 Å². The first-order valence-corrected chi connectivity index (χ1v) is 13.3. The van der Waals surface area contributed by atoms with Crippen molar-refractivity contribution >= 4 is 0 Å². The molecule has 0 aromatic rings. The minimum Gasteiger partial charge on any atom is -0.393 e. The average molecular weight is 475 g/mol. The summed E-state index contributed by atoms with van der Waals surface area (Å²) in [5.74, 6) is 0. The molecule has 2 N–H and O–H groups in total. The molecule has 4 atom stereocenters. The number of epoxide rings is 2. The lowest BCUT2D eigenvalue weighted by molar-refractivity contribution is 0.184. The van der Waals surface area contributed by atoms with Crippen LogP contribution >= 0.6 is 0 Å². The number of ether oxygens (including phenoxy) is 2. The molecule has 2 heterocycles. The maximum atomic E-state index is 9.27. The molecule has 4 heteroatoms. The molecular formula is C30H50O4. The van der Waals surface area contributed by atoms with Crippen molar-refractivity contribution in [3.8, 4) is 0 Å². The Balaban J connectivity index is 1.53. The highest BCUT2D eigenvalue weighted by Gasteiger charge is 2.51. The molecule has 2 fully saturated rings. The van der Waals surface area contributed by atoms with Gasteiger partial charge in [0.15, 0.2) is 0 Å². The number of aliphatic hydroxyl groups excluding tert-OH is 2. The van der Waals surface area contributed by atoms with Crippen molar-refractivity contribution in [2.75, 3.05) is 13.2 Å². The zero-order chi connectivity index (χ0) is 25.2. The van der Waals surface area contributed by atoms with E-state index in [9.17, 15) is 10.2 Å². The standard InChI is InChI=1S/C30H50O4/c1-23(13-9-15-25(3)17-19-27-29(5,21-31)33-27)11-7-8-12-24(2)14-10-16-26(4)18-20-28-30(6,22-32)34-28/h11-12,15-16,27-28,31-32H,7-10,13-14,17-22H2,1-6H3/b23-11+,24-12+,25-15+,26-16+/t27-,28-,29-,30-/m1/s1. The maximum absolute atomic E-state index is 9.27. The zero-order valence-electron chi connectivity index (χ0n) is 22.7. The van der Waals surface area contributed by atoms with Crippen molar-refractivity contribution in [1.82, 2.24) is 0 Å². The molecule has 2 saturated heterocycles. The largest absolute Gasteiger partial charge is 0.393 e. The van der Waals surface area contributed by atoms with Crippen LogP contribution in [0.5, 0.6) is 0 Å². The van der Waals surface area contributed by atoms with Crippen LogP contribution in [0.3, 0.4) is 0 Å². The van der Waals surface area contributed by atoms with E-state index in [1.807, 2.05) is 13.8 Å². The third-order valence-corrected chi connectivity index (χ3v) is 7.52. The number of hydrogen-bond acceptors (Lipinski definition) is 4. The number of allylic oxidation sites excluding steroid dienone is 8. The predicted molar refractivity (Wildman–Crippen MR) is 142 cm³/mol. The molecule has 2 aliphatic heterocycles. The minimum atomic E-state index is -0.280. The number of aliphatic hydroxyl groups is 2. The molecule has 4 nitrogen and oxygen atoms in total. The summed E-state index contributed by atoms with van der Waals surface area (Å²) in [4.78, 5) is 0. The molecule has 0 saturated carbocycles. The van der Waals surface area contributed by atoms with Gasteiger partial charge in [0.2, 0.25) is 0 Å². The number of unbranched alkanes of at least 4 members (excludes halogenated alkanes) is 1. The molecule has 0 unspecified atom stereocenters. The SMILES string of the molecule is C/C(=C\CC/C=C(\C)CC/C=C(\C)CC[C@H]1O[C@]1(C)CO)CC/C=C(\C)CC[C@H]1O[C@]1(C)CO. The highest BCUT2D eigenvalue weighted by Crippen LogP contribution is 2.40. The second-order valence-corrected chi connectivity index (χ2v) is 11.1. The van der Waals surface area contributed by atoms with Crippen molar-refractivity contribution in [3.05, 3.63) is 46.6 Å². The van der Waals surface area contributed by atoms with Crippen LogP contribution < -0.4 is 0 Å². The van der Waals surface area contributed by atoms with Crippen LogP contribution in [0.1, 0.15) is 106 Å². The Morgan fingerprint density at radius 1 is 0.588 bits per heavy atom. The third-order valence-electron chi connectivity index (χ3n) is 7.52. The van der Waals surface area contributed by atoms with Gasteiger partial charge in [-0.3, -0.25) is 0 Å². The quantitative estimate of drug-likeness (QED) is 0.136. The summed E-state index contributed by atoms with van der Waals surface area (Å²) in [5, 5.41) is 18.5. The first kappa shape index (κ1) is 29.0. The molecule has 0 aromatic carbocycles. The fourth-order valence-electron chi connectivity index (χ4n) is 4.47. The van der Waals surface area contributed by atoms with E-state index in [0.29, 0.717) is 0 Å². The Bertz CT molecular complexity index is 698.